The summed E-state index contributed by atoms with van der Waals surface area (Å²) >= 11 is 5.85. The van der Waals surface area contributed by atoms with Gasteiger partial charge in [-0.25, -0.2) is 0 Å². The number of hydrogen-bond acceptors (Lipinski definition) is 4. The Labute approximate surface area is 155 Å². The molecule has 0 heterocycles. The molecule has 5 nitrogen and oxygen atoms in total. The van der Waals surface area contributed by atoms with Crippen molar-refractivity contribution < 1.29 is 14.1 Å². The van der Waals surface area contributed by atoms with E-state index in [0.29, 0.717) is 10.8 Å². The lowest BCUT2D eigenvalue weighted by Gasteiger charge is -2.41. The van der Waals surface area contributed by atoms with Gasteiger partial charge in [0.15, 0.2) is 14.1 Å². The molecule has 0 N–H and O–H groups in total. The lowest BCUT2D eigenvalue weighted by molar-refractivity contribution is -0.386. The minimum atomic E-state index is -1.76. The molecule has 0 unspecified atom stereocenters. The Balaban J connectivity index is 1.94. The van der Waals surface area contributed by atoms with E-state index in [4.69, 9.17) is 20.8 Å². The summed E-state index contributed by atoms with van der Waals surface area (Å²) in [5.41, 5.74) is -0.0767. The summed E-state index contributed by atoms with van der Waals surface area (Å²) in [7, 11) is -1.76. The van der Waals surface area contributed by atoms with Crippen LogP contribution in [0.5, 0.6) is 5.75 Å². The summed E-state index contributed by atoms with van der Waals surface area (Å²) in [4.78, 5) is 10.7. The van der Waals surface area contributed by atoms with Crippen LogP contribution in [0.2, 0.25) is 23.2 Å². The van der Waals surface area contributed by atoms with Crippen molar-refractivity contribution in [1.29, 1.82) is 0 Å². The van der Waals surface area contributed by atoms with Crippen LogP contribution in [0, 0.1) is 10.1 Å². The van der Waals surface area contributed by atoms with E-state index in [2.05, 4.69) is 33.9 Å². The first-order chi connectivity index (χ1) is 11.5. The van der Waals surface area contributed by atoms with Crippen LogP contribution in [0.4, 0.5) is 5.69 Å². The third-order valence-electron chi connectivity index (χ3n) is 5.30. The molecule has 1 fully saturated rings. The number of hydrogen-bond donors (Lipinski definition) is 0. The number of ether oxygens (including phenoxy) is 1. The molecule has 0 radical (unpaired) electrons. The standard InChI is InChI=1S/C18H28ClNO4Si/c1-18(2,3)25(4,5)24-15-9-7-14(8-10-15)23-17-11-6-13(19)12-16(17)20(21)22/h6,11-12,14-15H,7-10H2,1-5H3. The van der Waals surface area contributed by atoms with Crippen molar-refractivity contribution in [2.75, 3.05) is 0 Å². The lowest BCUT2D eigenvalue weighted by atomic mass is 9.95. The number of halogens is 1. The molecule has 25 heavy (non-hydrogen) atoms. The summed E-state index contributed by atoms with van der Waals surface area (Å²) in [6.07, 6.45) is 3.80. The predicted molar refractivity (Wildman–Crippen MR) is 103 cm³/mol. The van der Waals surface area contributed by atoms with Gasteiger partial charge in [0.2, 0.25) is 0 Å². The van der Waals surface area contributed by atoms with E-state index in [9.17, 15) is 10.1 Å². The number of nitro groups is 1. The topological polar surface area (TPSA) is 61.6 Å². The summed E-state index contributed by atoms with van der Waals surface area (Å²) in [5, 5.41) is 11.7. The molecule has 0 spiro atoms. The molecule has 1 aliphatic rings. The fourth-order valence-electron chi connectivity index (χ4n) is 2.77. The summed E-state index contributed by atoms with van der Waals surface area (Å²) in [6.45, 7) is 11.3. The molecule has 0 amide bonds. The van der Waals surface area contributed by atoms with Crippen LogP contribution in [-0.4, -0.2) is 25.4 Å². The molecular weight excluding hydrogens is 358 g/mol. The van der Waals surface area contributed by atoms with Gasteiger partial charge in [0.1, 0.15) is 0 Å². The largest absolute Gasteiger partial charge is 0.483 e. The van der Waals surface area contributed by atoms with Crippen molar-refractivity contribution >= 4 is 25.6 Å². The lowest BCUT2D eigenvalue weighted by Crippen LogP contribution is -2.45. The van der Waals surface area contributed by atoms with Crippen molar-refractivity contribution in [2.45, 2.75) is 76.8 Å². The Morgan fingerprint density at radius 3 is 2.24 bits per heavy atom. The van der Waals surface area contributed by atoms with Crippen LogP contribution in [0.3, 0.4) is 0 Å². The van der Waals surface area contributed by atoms with Crippen LogP contribution < -0.4 is 4.74 Å². The zero-order chi connectivity index (χ0) is 18.8. The van der Waals surface area contributed by atoms with Gasteiger partial charge >= 0.3 is 5.69 Å². The number of benzene rings is 1. The van der Waals surface area contributed by atoms with Gasteiger partial charge in [0.05, 0.1) is 11.0 Å². The van der Waals surface area contributed by atoms with Gasteiger partial charge in [0.25, 0.3) is 0 Å². The van der Waals surface area contributed by atoms with Crippen molar-refractivity contribution in [3.05, 3.63) is 33.3 Å². The average molecular weight is 386 g/mol. The summed E-state index contributed by atoms with van der Waals surface area (Å²) in [5.74, 6) is 0.295. The van der Waals surface area contributed by atoms with Crippen LogP contribution >= 0.6 is 11.6 Å². The highest BCUT2D eigenvalue weighted by Crippen LogP contribution is 2.40. The molecule has 7 heteroatoms. The third-order valence-corrected chi connectivity index (χ3v) is 10.1. The van der Waals surface area contributed by atoms with Crippen LogP contribution in [-0.2, 0) is 4.43 Å². The molecule has 1 saturated carbocycles. The maximum absolute atomic E-state index is 11.2. The second-order valence-electron chi connectivity index (χ2n) is 8.26. The fraction of sp³-hybridized carbons (Fsp3) is 0.667. The van der Waals surface area contributed by atoms with Gasteiger partial charge in [-0.3, -0.25) is 10.1 Å². The maximum atomic E-state index is 11.2. The molecule has 2 rings (SSSR count). The van der Waals surface area contributed by atoms with Crippen molar-refractivity contribution in [3.8, 4) is 5.75 Å². The van der Waals surface area contributed by atoms with Crippen molar-refractivity contribution in [3.63, 3.8) is 0 Å². The smallest absolute Gasteiger partial charge is 0.312 e. The predicted octanol–water partition coefficient (Wildman–Crippen LogP) is 5.96. The van der Waals surface area contributed by atoms with E-state index < -0.39 is 13.2 Å². The highest BCUT2D eigenvalue weighted by atomic mass is 35.5. The monoisotopic (exact) mass is 385 g/mol. The Bertz CT molecular complexity index is 622. The first-order valence-electron chi connectivity index (χ1n) is 8.78. The normalized spacial score (nSPS) is 21.8. The molecule has 1 aromatic rings. The first-order valence-corrected chi connectivity index (χ1v) is 12.1. The highest BCUT2D eigenvalue weighted by Gasteiger charge is 2.40. The summed E-state index contributed by atoms with van der Waals surface area (Å²) in [6, 6.07) is 4.54. The minimum Gasteiger partial charge on any atom is -0.483 e. The molecule has 0 aliphatic heterocycles. The molecule has 0 bridgehead atoms. The van der Waals surface area contributed by atoms with Crippen LogP contribution in [0.25, 0.3) is 0 Å². The van der Waals surface area contributed by atoms with Crippen LogP contribution in [0.1, 0.15) is 46.5 Å². The second kappa shape index (κ2) is 7.64. The van der Waals surface area contributed by atoms with E-state index in [1.54, 1.807) is 12.1 Å². The Kier molecular flexibility index (Phi) is 6.17. The molecule has 1 aliphatic carbocycles. The van der Waals surface area contributed by atoms with Gasteiger partial charge in [0, 0.05) is 17.2 Å². The van der Waals surface area contributed by atoms with Crippen molar-refractivity contribution in [1.82, 2.24) is 0 Å². The van der Waals surface area contributed by atoms with E-state index in [1.165, 1.54) is 6.07 Å². The van der Waals surface area contributed by atoms with Crippen LogP contribution in [0.15, 0.2) is 18.2 Å². The molecule has 0 aromatic heterocycles. The first kappa shape index (κ1) is 20.2. The van der Waals surface area contributed by atoms with Crippen molar-refractivity contribution in [2.24, 2.45) is 0 Å². The molecule has 1 aromatic carbocycles. The van der Waals surface area contributed by atoms with E-state index in [-0.39, 0.29) is 22.9 Å². The number of nitro benzene ring substituents is 1. The Hall–Kier alpha value is -1.11. The van der Waals surface area contributed by atoms with Gasteiger partial charge in [-0.1, -0.05) is 32.4 Å². The fourth-order valence-corrected chi connectivity index (χ4v) is 4.36. The van der Waals surface area contributed by atoms with E-state index >= 15 is 0 Å². The molecule has 0 atom stereocenters. The highest BCUT2D eigenvalue weighted by molar-refractivity contribution is 6.74. The number of rotatable bonds is 5. The SMILES string of the molecule is CC(C)(C)[Si](C)(C)OC1CCC(Oc2ccc(Cl)cc2[N+](=O)[O-])CC1. The zero-order valence-corrected chi connectivity index (χ0v) is 17.4. The Morgan fingerprint density at radius 2 is 1.72 bits per heavy atom. The van der Waals surface area contributed by atoms with Gasteiger partial charge in [-0.15, -0.1) is 0 Å². The third kappa shape index (κ3) is 5.18. The summed E-state index contributed by atoms with van der Waals surface area (Å²) < 4.78 is 12.4. The molecule has 0 saturated heterocycles. The maximum Gasteiger partial charge on any atom is 0.312 e. The quantitative estimate of drug-likeness (QED) is 0.356. The Morgan fingerprint density at radius 1 is 1.16 bits per heavy atom. The van der Waals surface area contributed by atoms with Gasteiger partial charge in [-0.05, 0) is 55.9 Å². The van der Waals surface area contributed by atoms with E-state index in [0.717, 1.165) is 25.7 Å². The minimum absolute atomic E-state index is 0.0147. The number of nitrogens with zero attached hydrogens (tertiary/aromatic N) is 1. The molecular formula is C18H28ClNO4Si. The molecule has 140 valence electrons. The van der Waals surface area contributed by atoms with Gasteiger partial charge < -0.3 is 9.16 Å². The zero-order valence-electron chi connectivity index (χ0n) is 15.7. The van der Waals surface area contributed by atoms with E-state index in [1.807, 2.05) is 0 Å². The average Bonchev–Trinajstić information content (AvgIpc) is 2.49. The van der Waals surface area contributed by atoms with Gasteiger partial charge in [-0.2, -0.15) is 0 Å². The second-order valence-corrected chi connectivity index (χ2v) is 13.5.